The molecule has 0 radical (unpaired) electrons. The van der Waals surface area contributed by atoms with Crippen LogP contribution in [0.2, 0.25) is 0 Å². The van der Waals surface area contributed by atoms with E-state index in [1.165, 1.54) is 0 Å². The summed E-state index contributed by atoms with van der Waals surface area (Å²) in [4.78, 5) is 12.0. The molecule has 124 valence electrons. The van der Waals surface area contributed by atoms with Crippen LogP contribution in [0.1, 0.15) is 58.8 Å². The average Bonchev–Trinajstić information content (AvgIpc) is 2.37. The van der Waals surface area contributed by atoms with E-state index in [1.807, 2.05) is 13.8 Å². The van der Waals surface area contributed by atoms with Crippen LogP contribution < -0.4 is 11.1 Å². The van der Waals surface area contributed by atoms with Crippen molar-refractivity contribution < 1.29 is 18.0 Å². The number of hydrogen-bond donors (Lipinski definition) is 2. The zero-order chi connectivity index (χ0) is 16.0. The van der Waals surface area contributed by atoms with Crippen molar-refractivity contribution in [2.45, 2.75) is 77.1 Å². The summed E-state index contributed by atoms with van der Waals surface area (Å²) < 4.78 is 38.2. The molecule has 1 amide bonds. The van der Waals surface area contributed by atoms with Crippen molar-refractivity contribution in [3.63, 3.8) is 0 Å². The highest BCUT2D eigenvalue weighted by Crippen LogP contribution is 2.37. The van der Waals surface area contributed by atoms with E-state index in [0.29, 0.717) is 12.8 Å². The van der Waals surface area contributed by atoms with Crippen molar-refractivity contribution >= 4 is 5.91 Å². The zero-order valence-corrected chi connectivity index (χ0v) is 12.9. The Kier molecular flexibility index (Phi) is 6.97. The van der Waals surface area contributed by atoms with Gasteiger partial charge in [-0.05, 0) is 39.0 Å². The van der Waals surface area contributed by atoms with Crippen LogP contribution in [0, 0.1) is 11.8 Å². The van der Waals surface area contributed by atoms with Crippen LogP contribution in [0.4, 0.5) is 13.2 Å². The first kappa shape index (κ1) is 18.3. The van der Waals surface area contributed by atoms with Gasteiger partial charge in [0.1, 0.15) is 0 Å². The molecule has 21 heavy (non-hydrogen) atoms. The highest BCUT2D eigenvalue weighted by atomic mass is 19.4. The molecule has 3 nitrogen and oxygen atoms in total. The van der Waals surface area contributed by atoms with E-state index in [0.717, 1.165) is 19.3 Å². The first-order valence-electron chi connectivity index (χ1n) is 7.82. The zero-order valence-electron chi connectivity index (χ0n) is 12.9. The second-order valence-corrected chi connectivity index (χ2v) is 6.42. The van der Waals surface area contributed by atoms with Crippen molar-refractivity contribution in [3.05, 3.63) is 0 Å². The first-order chi connectivity index (χ1) is 9.70. The predicted molar refractivity (Wildman–Crippen MR) is 76.6 cm³/mol. The van der Waals surface area contributed by atoms with Gasteiger partial charge in [-0.15, -0.1) is 0 Å². The smallest absolute Gasteiger partial charge is 0.353 e. The summed E-state index contributed by atoms with van der Waals surface area (Å²) >= 11 is 0. The number of rotatable bonds is 6. The molecular formula is C15H27F3N2O. The molecule has 0 bridgehead atoms. The van der Waals surface area contributed by atoms with Crippen LogP contribution >= 0.6 is 0 Å². The number of amides is 1. The third-order valence-corrected chi connectivity index (χ3v) is 4.23. The summed E-state index contributed by atoms with van der Waals surface area (Å²) in [6, 6.07) is -0.222. The fourth-order valence-corrected chi connectivity index (χ4v) is 2.84. The molecule has 0 aliphatic heterocycles. The summed E-state index contributed by atoms with van der Waals surface area (Å²) in [5.41, 5.74) is 5.65. The molecule has 1 aliphatic carbocycles. The van der Waals surface area contributed by atoms with Gasteiger partial charge in [-0.2, -0.15) is 13.2 Å². The van der Waals surface area contributed by atoms with Gasteiger partial charge in [-0.1, -0.05) is 19.8 Å². The van der Waals surface area contributed by atoms with Gasteiger partial charge in [0.05, 0.1) is 5.92 Å². The minimum absolute atomic E-state index is 0.0157. The molecule has 1 aliphatic rings. The maximum atomic E-state index is 12.7. The quantitative estimate of drug-likeness (QED) is 0.790. The molecule has 3 N–H and O–H groups in total. The Morgan fingerprint density at radius 1 is 1.29 bits per heavy atom. The molecule has 1 fully saturated rings. The maximum Gasteiger partial charge on any atom is 0.391 e. The molecule has 1 rings (SSSR count). The minimum atomic E-state index is -4.15. The summed E-state index contributed by atoms with van der Waals surface area (Å²) in [5, 5.41) is 2.79. The number of nitrogens with one attached hydrogen (secondary N) is 1. The van der Waals surface area contributed by atoms with Crippen molar-refractivity contribution in [2.75, 3.05) is 0 Å². The molecule has 4 atom stereocenters. The van der Waals surface area contributed by atoms with E-state index in [2.05, 4.69) is 5.32 Å². The van der Waals surface area contributed by atoms with Gasteiger partial charge in [0.25, 0.3) is 0 Å². The van der Waals surface area contributed by atoms with E-state index >= 15 is 0 Å². The standard InChI is InChI=1S/C15H27F3N2O/c1-10(5-3-6-11(2)19)14(21)20-13-8-4-7-12(9-13)15(16,17)18/h10-13H,3-9,19H2,1-2H3,(H,20,21). The molecule has 0 aromatic rings. The maximum absolute atomic E-state index is 12.7. The Morgan fingerprint density at radius 3 is 2.52 bits per heavy atom. The fraction of sp³-hybridized carbons (Fsp3) is 0.933. The Hall–Kier alpha value is -0.780. The summed E-state index contributed by atoms with van der Waals surface area (Å²) in [6.45, 7) is 3.74. The van der Waals surface area contributed by atoms with Gasteiger partial charge in [0, 0.05) is 18.0 Å². The SMILES string of the molecule is CC(N)CCCC(C)C(=O)NC1CCCC(C(F)(F)F)C1. The Balaban J connectivity index is 2.36. The van der Waals surface area contributed by atoms with E-state index in [-0.39, 0.29) is 36.8 Å². The van der Waals surface area contributed by atoms with Gasteiger partial charge in [-0.25, -0.2) is 0 Å². The summed E-state index contributed by atoms with van der Waals surface area (Å²) in [6.07, 6.45) is -0.338. The van der Waals surface area contributed by atoms with Crippen molar-refractivity contribution in [2.24, 2.45) is 17.6 Å². The lowest BCUT2D eigenvalue weighted by molar-refractivity contribution is -0.184. The molecular weight excluding hydrogens is 281 g/mol. The van der Waals surface area contributed by atoms with Gasteiger partial charge in [0.15, 0.2) is 0 Å². The van der Waals surface area contributed by atoms with Crippen molar-refractivity contribution in [3.8, 4) is 0 Å². The van der Waals surface area contributed by atoms with Crippen LogP contribution in [-0.2, 0) is 4.79 Å². The third-order valence-electron chi connectivity index (χ3n) is 4.23. The van der Waals surface area contributed by atoms with E-state index in [9.17, 15) is 18.0 Å². The lowest BCUT2D eigenvalue weighted by atomic mass is 9.85. The number of carbonyl (C=O) groups excluding carboxylic acids is 1. The minimum Gasteiger partial charge on any atom is -0.353 e. The average molecular weight is 308 g/mol. The van der Waals surface area contributed by atoms with Gasteiger partial charge in [-0.3, -0.25) is 4.79 Å². The monoisotopic (exact) mass is 308 g/mol. The van der Waals surface area contributed by atoms with Gasteiger partial charge in [0.2, 0.25) is 5.91 Å². The molecule has 1 saturated carbocycles. The number of halogens is 3. The highest BCUT2D eigenvalue weighted by Gasteiger charge is 2.42. The Labute approximate surface area is 124 Å². The molecule has 4 unspecified atom stereocenters. The van der Waals surface area contributed by atoms with E-state index < -0.39 is 12.1 Å². The molecule has 0 heterocycles. The highest BCUT2D eigenvalue weighted by molar-refractivity contribution is 5.78. The van der Waals surface area contributed by atoms with Crippen LogP contribution in [0.25, 0.3) is 0 Å². The van der Waals surface area contributed by atoms with E-state index in [1.54, 1.807) is 0 Å². The summed E-state index contributed by atoms with van der Waals surface area (Å²) in [5.74, 6) is -1.58. The predicted octanol–water partition coefficient (Wildman–Crippen LogP) is 3.38. The number of nitrogens with two attached hydrogens (primary N) is 1. The van der Waals surface area contributed by atoms with Crippen molar-refractivity contribution in [1.29, 1.82) is 0 Å². The first-order valence-corrected chi connectivity index (χ1v) is 7.82. The molecule has 6 heteroatoms. The van der Waals surface area contributed by atoms with Crippen LogP contribution in [-0.4, -0.2) is 24.2 Å². The topological polar surface area (TPSA) is 55.1 Å². The lowest BCUT2D eigenvalue weighted by Crippen LogP contribution is -2.43. The van der Waals surface area contributed by atoms with Crippen LogP contribution in [0.3, 0.4) is 0 Å². The normalized spacial score (nSPS) is 26.2. The van der Waals surface area contributed by atoms with E-state index in [4.69, 9.17) is 5.73 Å². The summed E-state index contributed by atoms with van der Waals surface area (Å²) in [7, 11) is 0. The Morgan fingerprint density at radius 2 is 1.95 bits per heavy atom. The number of carbonyl (C=O) groups is 1. The van der Waals surface area contributed by atoms with Crippen LogP contribution in [0.5, 0.6) is 0 Å². The second-order valence-electron chi connectivity index (χ2n) is 6.42. The molecule has 0 spiro atoms. The van der Waals surface area contributed by atoms with Crippen molar-refractivity contribution in [1.82, 2.24) is 5.32 Å². The Bertz CT molecular complexity index is 331. The fourth-order valence-electron chi connectivity index (χ4n) is 2.84. The van der Waals surface area contributed by atoms with Gasteiger partial charge < -0.3 is 11.1 Å². The molecule has 0 aromatic carbocycles. The number of hydrogen-bond acceptors (Lipinski definition) is 2. The second kappa shape index (κ2) is 8.01. The number of alkyl halides is 3. The largest absolute Gasteiger partial charge is 0.391 e. The molecule has 0 aromatic heterocycles. The molecule has 0 saturated heterocycles. The lowest BCUT2D eigenvalue weighted by Gasteiger charge is -2.31. The van der Waals surface area contributed by atoms with Gasteiger partial charge >= 0.3 is 6.18 Å². The van der Waals surface area contributed by atoms with Crippen LogP contribution in [0.15, 0.2) is 0 Å². The third kappa shape index (κ3) is 6.68.